The van der Waals surface area contributed by atoms with Gasteiger partial charge in [-0.15, -0.1) is 9.59 Å². The first-order valence-corrected chi connectivity index (χ1v) is 10.2. The van der Waals surface area contributed by atoms with Crippen molar-refractivity contribution in [3.05, 3.63) is 96.6 Å². The number of rotatable bonds is 3. The molecule has 1 unspecified atom stereocenters. The van der Waals surface area contributed by atoms with Crippen LogP contribution in [0.15, 0.2) is 91.0 Å². The second kappa shape index (κ2) is 6.86. The first-order valence-electron chi connectivity index (χ1n) is 10.2. The molecule has 0 radical (unpaired) electrons. The molecule has 0 spiro atoms. The van der Waals surface area contributed by atoms with Gasteiger partial charge in [0.2, 0.25) is 5.66 Å². The van der Waals surface area contributed by atoms with E-state index in [0.29, 0.717) is 33.2 Å². The Kier molecular flexibility index (Phi) is 3.96. The van der Waals surface area contributed by atoms with E-state index in [-0.39, 0.29) is 5.75 Å². The van der Waals surface area contributed by atoms with E-state index < -0.39 is 11.8 Å². The third-order valence-electron chi connectivity index (χ3n) is 5.74. The van der Waals surface area contributed by atoms with Crippen LogP contribution in [0.1, 0.15) is 5.56 Å². The van der Waals surface area contributed by atoms with Crippen LogP contribution >= 0.6 is 0 Å². The third kappa shape index (κ3) is 2.60. The molecule has 156 valence electrons. The summed E-state index contributed by atoms with van der Waals surface area (Å²) in [6.45, 7) is 0. The van der Waals surface area contributed by atoms with Crippen molar-refractivity contribution in [2.75, 3.05) is 0 Å². The molecule has 2 aromatic heterocycles. The number of aromatic hydroxyl groups is 1. The van der Waals surface area contributed by atoms with E-state index in [1.165, 1.54) is 9.59 Å². The van der Waals surface area contributed by atoms with Crippen LogP contribution in [0.3, 0.4) is 0 Å². The largest absolute Gasteiger partial charge is 0.507 e. The molecule has 0 bridgehead atoms. The Morgan fingerprint density at radius 3 is 1.66 bits per heavy atom. The number of allylic oxidation sites excluding steroid dienone is 2. The van der Waals surface area contributed by atoms with Gasteiger partial charge in [0.1, 0.15) is 33.9 Å². The molecule has 0 saturated carbocycles. The number of aliphatic hydroxyl groups is 1. The number of phenols is 1. The van der Waals surface area contributed by atoms with Crippen molar-refractivity contribution >= 4 is 27.6 Å². The van der Waals surface area contributed by atoms with Crippen molar-refractivity contribution in [3.8, 4) is 5.75 Å². The lowest BCUT2D eigenvalue weighted by molar-refractivity contribution is 0.0477. The van der Waals surface area contributed by atoms with Crippen LogP contribution < -0.4 is 0 Å². The van der Waals surface area contributed by atoms with Crippen LogP contribution in [0.2, 0.25) is 0 Å². The predicted molar refractivity (Wildman–Crippen MR) is 120 cm³/mol. The molecule has 2 N–H and O–H groups in total. The van der Waals surface area contributed by atoms with Gasteiger partial charge in [0.25, 0.3) is 0 Å². The lowest BCUT2D eigenvalue weighted by atomic mass is 9.87. The normalized spacial score (nSPS) is 17.7. The number of fused-ring (bicyclic) bond motifs is 2. The highest BCUT2D eigenvalue weighted by Crippen LogP contribution is 2.39. The maximum absolute atomic E-state index is 11.8. The summed E-state index contributed by atoms with van der Waals surface area (Å²) in [5.74, 6) is 0.0687. The summed E-state index contributed by atoms with van der Waals surface area (Å²) in [6.07, 6.45) is 4.16. The van der Waals surface area contributed by atoms with Gasteiger partial charge in [-0.2, -0.15) is 20.4 Å². The van der Waals surface area contributed by atoms with Crippen LogP contribution in [0.5, 0.6) is 5.75 Å². The molecular formula is C24H18N6O2. The first-order chi connectivity index (χ1) is 15.7. The summed E-state index contributed by atoms with van der Waals surface area (Å²) < 4.78 is 0. The van der Waals surface area contributed by atoms with Gasteiger partial charge in [0.15, 0.2) is 0 Å². The van der Waals surface area contributed by atoms with E-state index in [1.807, 2.05) is 54.6 Å². The Bertz CT molecular complexity index is 1390. The average molecular weight is 422 g/mol. The molecule has 1 atom stereocenters. The maximum Gasteiger partial charge on any atom is 0.240 e. The summed E-state index contributed by atoms with van der Waals surface area (Å²) in [4.78, 5) is 2.90. The molecule has 2 heterocycles. The molecule has 8 heteroatoms. The maximum atomic E-state index is 11.8. The second-order valence-corrected chi connectivity index (χ2v) is 7.64. The predicted octanol–water partition coefficient (Wildman–Crippen LogP) is 3.10. The van der Waals surface area contributed by atoms with Crippen molar-refractivity contribution in [3.63, 3.8) is 0 Å². The zero-order valence-corrected chi connectivity index (χ0v) is 16.8. The van der Waals surface area contributed by atoms with Crippen LogP contribution in [0.4, 0.5) is 0 Å². The first kappa shape index (κ1) is 18.5. The van der Waals surface area contributed by atoms with Crippen LogP contribution in [-0.2, 0) is 5.66 Å². The van der Waals surface area contributed by atoms with Gasteiger partial charge in [-0.3, -0.25) is 0 Å². The molecule has 0 aliphatic heterocycles. The molecule has 32 heavy (non-hydrogen) atoms. The van der Waals surface area contributed by atoms with E-state index >= 15 is 0 Å². The molecule has 3 aromatic carbocycles. The number of phenolic OH excluding ortho intramolecular Hbond substituents is 1. The van der Waals surface area contributed by atoms with Gasteiger partial charge in [0.05, 0.1) is 0 Å². The van der Waals surface area contributed by atoms with Crippen LogP contribution in [0, 0.1) is 0 Å². The van der Waals surface area contributed by atoms with Crippen LogP contribution in [0.25, 0.3) is 27.6 Å². The number of benzene rings is 3. The van der Waals surface area contributed by atoms with E-state index in [9.17, 15) is 10.2 Å². The molecule has 0 amide bonds. The number of hydrogen-bond donors (Lipinski definition) is 2. The van der Waals surface area contributed by atoms with E-state index in [1.54, 1.807) is 36.4 Å². The molecule has 1 aliphatic carbocycles. The van der Waals surface area contributed by atoms with E-state index in [2.05, 4.69) is 20.4 Å². The highest BCUT2D eigenvalue weighted by atomic mass is 16.3. The van der Waals surface area contributed by atoms with Gasteiger partial charge in [-0.05, 0) is 42.0 Å². The minimum absolute atomic E-state index is 0.0687. The minimum atomic E-state index is -1.38. The van der Waals surface area contributed by atoms with Gasteiger partial charge in [0, 0.05) is 5.56 Å². The molecule has 8 nitrogen and oxygen atoms in total. The van der Waals surface area contributed by atoms with Crippen molar-refractivity contribution in [1.82, 2.24) is 30.0 Å². The zero-order chi connectivity index (χ0) is 21.7. The van der Waals surface area contributed by atoms with E-state index in [0.717, 1.165) is 0 Å². The van der Waals surface area contributed by atoms with Crippen molar-refractivity contribution in [2.24, 2.45) is 0 Å². The van der Waals surface area contributed by atoms with Crippen molar-refractivity contribution in [2.45, 2.75) is 11.8 Å². The molecule has 1 aliphatic rings. The monoisotopic (exact) mass is 422 g/mol. The van der Waals surface area contributed by atoms with Crippen molar-refractivity contribution < 1.29 is 10.2 Å². The number of aromatic nitrogens is 6. The molecule has 5 aromatic rings. The number of aliphatic hydroxyl groups excluding tert-OH is 1. The van der Waals surface area contributed by atoms with Gasteiger partial charge < -0.3 is 10.2 Å². The van der Waals surface area contributed by atoms with Gasteiger partial charge >= 0.3 is 0 Å². The summed E-state index contributed by atoms with van der Waals surface area (Å²) in [5, 5.41) is 40.9. The summed E-state index contributed by atoms with van der Waals surface area (Å²) in [7, 11) is 0. The van der Waals surface area contributed by atoms with Gasteiger partial charge in [-0.1, -0.05) is 54.6 Å². The molecule has 0 saturated heterocycles. The molecule has 0 fully saturated rings. The number of nitrogens with zero attached hydrogens (tertiary/aromatic N) is 6. The Balaban J connectivity index is 1.62. The Morgan fingerprint density at radius 1 is 0.688 bits per heavy atom. The summed E-state index contributed by atoms with van der Waals surface area (Å²) in [5.41, 5.74) is 2.37. The smallest absolute Gasteiger partial charge is 0.240 e. The van der Waals surface area contributed by atoms with Crippen molar-refractivity contribution in [1.29, 1.82) is 0 Å². The average Bonchev–Trinajstić information content (AvgIpc) is 3.45. The fourth-order valence-electron chi connectivity index (χ4n) is 4.13. The van der Waals surface area contributed by atoms with Gasteiger partial charge in [-0.25, -0.2) is 0 Å². The highest BCUT2D eigenvalue weighted by Gasteiger charge is 2.48. The lowest BCUT2D eigenvalue weighted by Gasteiger charge is -2.36. The summed E-state index contributed by atoms with van der Waals surface area (Å²) in [6, 6.07) is 21.9. The van der Waals surface area contributed by atoms with E-state index in [4.69, 9.17) is 0 Å². The SMILES string of the molecule is Oc1ccccc1C1=CC=CC(n2nc3ccccc3n2)(n2nc3ccccc3n2)C1O. The lowest BCUT2D eigenvalue weighted by Crippen LogP contribution is -2.53. The zero-order valence-electron chi connectivity index (χ0n) is 16.8. The standard InChI is InChI=1S/C24H18N6O2/c31-22-14-6-1-8-16(22)17-9-7-15-24(23(17)32,29-25-18-10-2-3-11-19(18)26-29)30-27-20-12-4-5-13-21(20)28-30/h1-15,23,31-32H. The fraction of sp³-hybridized carbons (Fsp3) is 0.0833. The molecular weight excluding hydrogens is 404 g/mol. The highest BCUT2D eigenvalue weighted by molar-refractivity contribution is 5.78. The second-order valence-electron chi connectivity index (χ2n) is 7.64. The Hall–Kier alpha value is -4.30. The molecule has 6 rings (SSSR count). The summed E-state index contributed by atoms with van der Waals surface area (Å²) >= 11 is 0. The fourth-order valence-corrected chi connectivity index (χ4v) is 4.13. The van der Waals surface area contributed by atoms with Crippen LogP contribution in [-0.4, -0.2) is 46.3 Å². The topological polar surface area (TPSA) is 102 Å². The Labute approximate surface area is 182 Å². The number of para-hydroxylation sites is 1. The Morgan fingerprint density at radius 2 is 1.16 bits per heavy atom. The quantitative estimate of drug-likeness (QED) is 0.463. The number of hydrogen-bond acceptors (Lipinski definition) is 6. The third-order valence-corrected chi connectivity index (χ3v) is 5.74. The minimum Gasteiger partial charge on any atom is -0.507 e.